The molecule has 0 amide bonds. The van der Waals surface area contributed by atoms with Crippen molar-refractivity contribution in [3.8, 4) is 5.75 Å². The summed E-state index contributed by atoms with van der Waals surface area (Å²) in [5, 5.41) is 18.7. The van der Waals surface area contributed by atoms with Gasteiger partial charge in [-0.1, -0.05) is 24.3 Å². The maximum Gasteiger partial charge on any atom is 0.357 e. The van der Waals surface area contributed by atoms with Crippen molar-refractivity contribution in [3.63, 3.8) is 0 Å². The summed E-state index contributed by atoms with van der Waals surface area (Å²) in [7, 11) is -2.63. The van der Waals surface area contributed by atoms with Gasteiger partial charge in [-0.05, 0) is 41.6 Å². The van der Waals surface area contributed by atoms with Gasteiger partial charge in [0.15, 0.2) is 0 Å². The molecule has 4 rings (SSSR count). The first-order chi connectivity index (χ1) is 16.7. The minimum absolute atomic E-state index is 0.00251. The molecular weight excluding hydrogens is 476 g/mol. The van der Waals surface area contributed by atoms with E-state index >= 15 is 0 Å². The number of aryl methyl sites for hydroxylation is 1. The monoisotopic (exact) mass is 496 g/mol. The van der Waals surface area contributed by atoms with Crippen molar-refractivity contribution in [1.29, 1.82) is 0 Å². The van der Waals surface area contributed by atoms with Crippen molar-refractivity contribution in [2.24, 2.45) is 0 Å². The summed E-state index contributed by atoms with van der Waals surface area (Å²) in [6.07, 6.45) is 0.316. The molecule has 4 aromatic rings. The number of non-ortho nitro benzene ring substituents is 1. The number of hydrogen-bond donors (Lipinski definition) is 2. The van der Waals surface area contributed by atoms with Gasteiger partial charge in [0.2, 0.25) is 0 Å². The van der Waals surface area contributed by atoms with Gasteiger partial charge in [-0.2, -0.15) is 5.10 Å². The maximum absolute atomic E-state index is 12.5. The second-order valence-electron chi connectivity index (χ2n) is 7.60. The lowest BCUT2D eigenvalue weighted by Gasteiger charge is -2.11. The van der Waals surface area contributed by atoms with Crippen LogP contribution in [0.1, 0.15) is 27.2 Å². The normalized spacial score (nSPS) is 11.4. The van der Waals surface area contributed by atoms with E-state index in [9.17, 15) is 23.3 Å². The Hall–Kier alpha value is -4.29. The standard InChI is InChI=1S/C23H20N4O7S/c1-14-5-3-4-6-22(14)35(31,32)26-34-23(28)16-8-7-15(21(12-16)33-2)11-19-18-10-9-17(27(29)30)13-20(18)25-24-19/h3-10,12-13,26H,11H2,1-2H3,(H,24,25). The van der Waals surface area contributed by atoms with Gasteiger partial charge in [-0.3, -0.25) is 15.2 Å². The summed E-state index contributed by atoms with van der Waals surface area (Å²) in [6.45, 7) is 1.63. The van der Waals surface area contributed by atoms with Crippen LogP contribution in [0.3, 0.4) is 0 Å². The first-order valence-corrected chi connectivity index (χ1v) is 11.7. The third kappa shape index (κ3) is 4.98. The lowest BCUT2D eigenvalue weighted by Crippen LogP contribution is -2.28. The number of nitro groups is 1. The van der Waals surface area contributed by atoms with E-state index < -0.39 is 20.9 Å². The molecule has 35 heavy (non-hydrogen) atoms. The number of nitrogens with zero attached hydrogens (tertiary/aromatic N) is 2. The zero-order valence-electron chi connectivity index (χ0n) is 18.6. The molecule has 1 aromatic heterocycles. The zero-order valence-corrected chi connectivity index (χ0v) is 19.5. The average Bonchev–Trinajstić information content (AvgIpc) is 3.25. The first-order valence-electron chi connectivity index (χ1n) is 10.3. The highest BCUT2D eigenvalue weighted by molar-refractivity contribution is 7.89. The average molecular weight is 497 g/mol. The fourth-order valence-electron chi connectivity index (χ4n) is 3.57. The van der Waals surface area contributed by atoms with Gasteiger partial charge < -0.3 is 9.57 Å². The van der Waals surface area contributed by atoms with Crippen LogP contribution in [0.5, 0.6) is 5.75 Å². The van der Waals surface area contributed by atoms with Crippen LogP contribution >= 0.6 is 0 Å². The number of hydrogen-bond acceptors (Lipinski definition) is 8. The molecule has 0 atom stereocenters. The molecule has 0 fully saturated rings. The number of nitrogens with one attached hydrogen (secondary N) is 2. The molecule has 0 saturated heterocycles. The fourth-order valence-corrected chi connectivity index (χ4v) is 4.59. The number of H-pyrrole nitrogens is 1. The molecule has 1 heterocycles. The van der Waals surface area contributed by atoms with Crippen LogP contribution in [0.2, 0.25) is 0 Å². The van der Waals surface area contributed by atoms with Crippen LogP contribution in [-0.2, 0) is 21.3 Å². The Morgan fingerprint density at radius 3 is 2.63 bits per heavy atom. The Bertz CT molecular complexity index is 1550. The smallest absolute Gasteiger partial charge is 0.357 e. The molecule has 3 aromatic carbocycles. The quantitative estimate of drug-likeness (QED) is 0.278. The van der Waals surface area contributed by atoms with E-state index in [1.165, 1.54) is 37.4 Å². The number of fused-ring (bicyclic) bond motifs is 1. The summed E-state index contributed by atoms with van der Waals surface area (Å²) in [4.78, 5) is 29.7. The number of benzene rings is 3. The molecule has 0 unspecified atom stereocenters. The number of nitro benzene ring substituents is 1. The number of aromatic nitrogens is 2. The number of carbonyl (C=O) groups is 1. The number of aromatic amines is 1. The van der Waals surface area contributed by atoms with Gasteiger partial charge in [0.1, 0.15) is 5.75 Å². The highest BCUT2D eigenvalue weighted by atomic mass is 32.2. The molecule has 0 saturated carbocycles. The number of rotatable bonds is 8. The Labute approximate surface area is 199 Å². The minimum atomic E-state index is -4.06. The molecule has 0 aliphatic carbocycles. The summed E-state index contributed by atoms with van der Waals surface area (Å²) in [5.41, 5.74) is 2.37. The van der Waals surface area contributed by atoms with E-state index in [1.54, 1.807) is 37.3 Å². The maximum atomic E-state index is 12.5. The molecule has 0 spiro atoms. The summed E-state index contributed by atoms with van der Waals surface area (Å²) in [5.74, 6) is -0.552. The predicted molar refractivity (Wildman–Crippen MR) is 125 cm³/mol. The molecule has 180 valence electrons. The van der Waals surface area contributed by atoms with Crippen LogP contribution < -0.4 is 9.62 Å². The van der Waals surface area contributed by atoms with Crippen LogP contribution in [0.4, 0.5) is 5.69 Å². The number of sulfonamides is 1. The Kier molecular flexibility index (Phi) is 6.49. The van der Waals surface area contributed by atoms with Crippen molar-refractivity contribution in [3.05, 3.63) is 93.2 Å². The van der Waals surface area contributed by atoms with Crippen LogP contribution in [0, 0.1) is 17.0 Å². The number of ether oxygens (including phenoxy) is 1. The second-order valence-corrected chi connectivity index (χ2v) is 9.22. The predicted octanol–water partition coefficient (Wildman–Crippen LogP) is 3.43. The van der Waals surface area contributed by atoms with E-state index in [-0.39, 0.29) is 16.1 Å². The SMILES string of the molecule is COc1cc(C(=O)ONS(=O)(=O)c2ccccc2C)ccc1Cc1n[nH]c2cc([N+](=O)[O-])ccc12. The molecule has 12 heteroatoms. The Morgan fingerprint density at radius 1 is 1.14 bits per heavy atom. The molecule has 2 N–H and O–H groups in total. The third-order valence-electron chi connectivity index (χ3n) is 5.34. The number of carbonyl (C=O) groups excluding carboxylic acids is 1. The van der Waals surface area contributed by atoms with Crippen LogP contribution in [-0.4, -0.2) is 36.6 Å². The molecule has 0 aliphatic heterocycles. The van der Waals surface area contributed by atoms with Gasteiger partial charge in [0.25, 0.3) is 15.7 Å². The lowest BCUT2D eigenvalue weighted by molar-refractivity contribution is -0.384. The van der Waals surface area contributed by atoms with Crippen molar-refractivity contribution < 1.29 is 27.7 Å². The van der Waals surface area contributed by atoms with Crippen LogP contribution in [0.15, 0.2) is 65.6 Å². The first kappa shape index (κ1) is 23.9. The molecular formula is C23H20N4O7S. The van der Waals surface area contributed by atoms with E-state index in [1.807, 2.05) is 4.89 Å². The lowest BCUT2D eigenvalue weighted by atomic mass is 10.0. The largest absolute Gasteiger partial charge is 0.496 e. The Morgan fingerprint density at radius 2 is 1.91 bits per heavy atom. The van der Waals surface area contributed by atoms with Crippen molar-refractivity contribution in [1.82, 2.24) is 15.1 Å². The van der Waals surface area contributed by atoms with Gasteiger partial charge >= 0.3 is 5.97 Å². The van der Waals surface area contributed by atoms with Gasteiger partial charge in [0.05, 0.1) is 33.7 Å². The summed E-state index contributed by atoms with van der Waals surface area (Å²) < 4.78 is 30.3. The van der Waals surface area contributed by atoms with Gasteiger partial charge in [0, 0.05) is 29.5 Å². The topological polar surface area (TPSA) is 154 Å². The van der Waals surface area contributed by atoms with E-state index in [0.29, 0.717) is 39.9 Å². The van der Waals surface area contributed by atoms with Gasteiger partial charge in [-0.25, -0.2) is 13.2 Å². The molecule has 0 aliphatic rings. The molecule has 0 bridgehead atoms. The summed E-state index contributed by atoms with van der Waals surface area (Å²) in [6, 6.07) is 15.3. The number of methoxy groups -OCH3 is 1. The Balaban J connectivity index is 1.51. The highest BCUT2D eigenvalue weighted by Gasteiger charge is 2.20. The van der Waals surface area contributed by atoms with Gasteiger partial charge in [-0.15, -0.1) is 0 Å². The van der Waals surface area contributed by atoms with E-state index in [2.05, 4.69) is 10.2 Å². The van der Waals surface area contributed by atoms with Crippen molar-refractivity contribution in [2.45, 2.75) is 18.2 Å². The minimum Gasteiger partial charge on any atom is -0.496 e. The van der Waals surface area contributed by atoms with E-state index in [4.69, 9.17) is 9.57 Å². The summed E-state index contributed by atoms with van der Waals surface area (Å²) >= 11 is 0. The van der Waals surface area contributed by atoms with Crippen molar-refractivity contribution >= 4 is 32.6 Å². The second kappa shape index (κ2) is 9.52. The fraction of sp³-hybridized carbons (Fsp3) is 0.130. The molecule has 0 radical (unpaired) electrons. The van der Waals surface area contributed by atoms with Crippen molar-refractivity contribution in [2.75, 3.05) is 7.11 Å². The molecule has 11 nitrogen and oxygen atoms in total. The zero-order chi connectivity index (χ0) is 25.2. The van der Waals surface area contributed by atoms with Crippen LogP contribution in [0.25, 0.3) is 10.9 Å². The van der Waals surface area contributed by atoms with E-state index in [0.717, 1.165) is 0 Å². The highest BCUT2D eigenvalue weighted by Crippen LogP contribution is 2.27. The third-order valence-corrected chi connectivity index (χ3v) is 6.68.